The van der Waals surface area contributed by atoms with Crippen LogP contribution in [-0.4, -0.2) is 24.0 Å². The summed E-state index contributed by atoms with van der Waals surface area (Å²) >= 11 is 0. The van der Waals surface area contributed by atoms with Gasteiger partial charge in [-0.2, -0.15) is 0 Å². The van der Waals surface area contributed by atoms with E-state index in [4.69, 9.17) is 0 Å². The van der Waals surface area contributed by atoms with E-state index < -0.39 is 0 Å². The van der Waals surface area contributed by atoms with Crippen molar-refractivity contribution in [3.8, 4) is 0 Å². The number of hydrogen-bond acceptors (Lipinski definition) is 1. The first kappa shape index (κ1) is 10.7. The minimum Gasteiger partial charge on any atom is -0.301 e. The van der Waals surface area contributed by atoms with Crippen molar-refractivity contribution < 1.29 is 0 Å². The minimum atomic E-state index is 0.710. The normalized spacial score (nSPS) is 19.7. The van der Waals surface area contributed by atoms with Gasteiger partial charge in [-0.25, -0.2) is 0 Å². The molecule has 0 aromatic heterocycles. The Morgan fingerprint density at radius 2 is 1.67 bits per heavy atom. The molecule has 0 saturated carbocycles. The third kappa shape index (κ3) is 2.60. The van der Waals surface area contributed by atoms with E-state index in [1.807, 2.05) is 0 Å². The van der Waals surface area contributed by atoms with Crippen LogP contribution in [0.2, 0.25) is 0 Å². The Morgan fingerprint density at radius 1 is 1.07 bits per heavy atom. The molecule has 0 atom stereocenters. The molecule has 82 valence electrons. The van der Waals surface area contributed by atoms with Crippen LogP contribution in [0.3, 0.4) is 0 Å². The average Bonchev–Trinajstić information content (AvgIpc) is 2.30. The summed E-state index contributed by atoms with van der Waals surface area (Å²) in [5.74, 6) is 0.793. The summed E-state index contributed by atoms with van der Waals surface area (Å²) in [6.07, 6.45) is 2.64. The smallest absolute Gasteiger partial charge is 0.00385 e. The van der Waals surface area contributed by atoms with Gasteiger partial charge in [0.05, 0.1) is 0 Å². The fourth-order valence-electron chi connectivity index (χ4n) is 2.47. The van der Waals surface area contributed by atoms with E-state index in [9.17, 15) is 0 Å². The molecule has 1 nitrogen and oxygen atoms in total. The molecule has 0 bridgehead atoms. The van der Waals surface area contributed by atoms with Crippen LogP contribution in [0.4, 0.5) is 0 Å². The molecule has 1 aromatic rings. The lowest BCUT2D eigenvalue weighted by atomic mass is 9.89. The van der Waals surface area contributed by atoms with Crippen molar-refractivity contribution in [3.05, 3.63) is 35.9 Å². The molecular weight excluding hydrogens is 182 g/mol. The van der Waals surface area contributed by atoms with Crippen LogP contribution in [0.5, 0.6) is 0 Å². The maximum Gasteiger partial charge on any atom is 0.00385 e. The first-order chi connectivity index (χ1) is 7.27. The number of nitrogens with zero attached hydrogens (tertiary/aromatic N) is 1. The highest BCUT2D eigenvalue weighted by molar-refractivity contribution is 5.20. The predicted octanol–water partition coefficient (Wildman–Crippen LogP) is 3.27. The quantitative estimate of drug-likeness (QED) is 0.713. The molecule has 0 spiro atoms. The van der Waals surface area contributed by atoms with E-state index >= 15 is 0 Å². The van der Waals surface area contributed by atoms with E-state index in [-0.39, 0.29) is 0 Å². The molecule has 2 rings (SSSR count). The molecule has 1 fully saturated rings. The Balaban J connectivity index is 1.94. The number of piperidine rings is 1. The molecule has 1 aliphatic heterocycles. The van der Waals surface area contributed by atoms with Crippen molar-refractivity contribution in [1.82, 2.24) is 4.90 Å². The van der Waals surface area contributed by atoms with Crippen LogP contribution in [0.25, 0.3) is 0 Å². The number of rotatable bonds is 2. The van der Waals surface area contributed by atoms with Crippen molar-refractivity contribution in [2.75, 3.05) is 13.1 Å². The second-order valence-corrected chi connectivity index (χ2v) is 4.81. The van der Waals surface area contributed by atoms with E-state index in [1.54, 1.807) is 0 Å². The molecule has 1 aliphatic rings. The van der Waals surface area contributed by atoms with E-state index in [0.29, 0.717) is 6.04 Å². The van der Waals surface area contributed by atoms with Gasteiger partial charge in [0.25, 0.3) is 0 Å². The fourth-order valence-corrected chi connectivity index (χ4v) is 2.47. The Bertz CT molecular complexity index is 283. The molecule has 1 saturated heterocycles. The predicted molar refractivity (Wildman–Crippen MR) is 65.1 cm³/mol. The van der Waals surface area contributed by atoms with Gasteiger partial charge in [0, 0.05) is 6.04 Å². The summed E-state index contributed by atoms with van der Waals surface area (Å²) in [5, 5.41) is 0. The van der Waals surface area contributed by atoms with Gasteiger partial charge in [0.1, 0.15) is 0 Å². The fraction of sp³-hybridized carbons (Fsp3) is 0.571. The van der Waals surface area contributed by atoms with Crippen molar-refractivity contribution >= 4 is 0 Å². The SMILES string of the molecule is CC(C)N1CCC(c2ccccc2)CC1. The number of benzene rings is 1. The molecule has 0 aliphatic carbocycles. The van der Waals surface area contributed by atoms with Crippen LogP contribution >= 0.6 is 0 Å². The average molecular weight is 203 g/mol. The van der Waals surface area contributed by atoms with Crippen molar-refractivity contribution in [1.29, 1.82) is 0 Å². The summed E-state index contributed by atoms with van der Waals surface area (Å²) in [7, 11) is 0. The first-order valence-corrected chi connectivity index (χ1v) is 6.06. The largest absolute Gasteiger partial charge is 0.301 e. The highest BCUT2D eigenvalue weighted by Gasteiger charge is 2.21. The third-order valence-electron chi connectivity index (χ3n) is 3.53. The van der Waals surface area contributed by atoms with Crippen LogP contribution in [0, 0.1) is 0 Å². The van der Waals surface area contributed by atoms with Crippen molar-refractivity contribution in [2.24, 2.45) is 0 Å². The Kier molecular flexibility index (Phi) is 3.42. The molecule has 0 unspecified atom stereocenters. The maximum absolute atomic E-state index is 2.58. The molecule has 1 heteroatoms. The van der Waals surface area contributed by atoms with Gasteiger partial charge >= 0.3 is 0 Å². The lowest BCUT2D eigenvalue weighted by molar-refractivity contribution is 0.172. The summed E-state index contributed by atoms with van der Waals surface area (Å²) in [4.78, 5) is 2.58. The van der Waals surface area contributed by atoms with E-state index in [0.717, 1.165) is 5.92 Å². The van der Waals surface area contributed by atoms with Gasteiger partial charge in [0.15, 0.2) is 0 Å². The monoisotopic (exact) mass is 203 g/mol. The number of likely N-dealkylation sites (tertiary alicyclic amines) is 1. The second kappa shape index (κ2) is 4.80. The van der Waals surface area contributed by atoms with Crippen molar-refractivity contribution in [2.45, 2.75) is 38.6 Å². The zero-order valence-electron chi connectivity index (χ0n) is 9.82. The van der Waals surface area contributed by atoms with E-state index in [1.165, 1.54) is 31.5 Å². The van der Waals surface area contributed by atoms with Gasteiger partial charge in [-0.05, 0) is 51.3 Å². The summed E-state index contributed by atoms with van der Waals surface area (Å²) in [5.41, 5.74) is 1.53. The third-order valence-corrected chi connectivity index (χ3v) is 3.53. The Morgan fingerprint density at radius 3 is 2.20 bits per heavy atom. The molecule has 1 aromatic carbocycles. The number of hydrogen-bond donors (Lipinski definition) is 0. The second-order valence-electron chi connectivity index (χ2n) is 4.81. The highest BCUT2D eigenvalue weighted by Crippen LogP contribution is 2.28. The maximum atomic E-state index is 2.58. The summed E-state index contributed by atoms with van der Waals surface area (Å²) in [6, 6.07) is 11.7. The summed E-state index contributed by atoms with van der Waals surface area (Å²) < 4.78 is 0. The van der Waals surface area contributed by atoms with Crippen LogP contribution in [0.1, 0.15) is 38.2 Å². The van der Waals surface area contributed by atoms with Gasteiger partial charge < -0.3 is 4.90 Å². The summed E-state index contributed by atoms with van der Waals surface area (Å²) in [6.45, 7) is 7.11. The van der Waals surface area contributed by atoms with Crippen LogP contribution in [0.15, 0.2) is 30.3 Å². The molecule has 15 heavy (non-hydrogen) atoms. The van der Waals surface area contributed by atoms with Gasteiger partial charge in [0.2, 0.25) is 0 Å². The Labute approximate surface area is 93.1 Å². The topological polar surface area (TPSA) is 3.24 Å². The zero-order valence-corrected chi connectivity index (χ0v) is 9.82. The van der Waals surface area contributed by atoms with Crippen LogP contribution < -0.4 is 0 Å². The molecule has 1 heterocycles. The lowest BCUT2D eigenvalue weighted by Gasteiger charge is -2.34. The first-order valence-electron chi connectivity index (χ1n) is 6.06. The molecule has 0 amide bonds. The Hall–Kier alpha value is -0.820. The minimum absolute atomic E-state index is 0.710. The standard InChI is InChI=1S/C14H21N/c1-12(2)15-10-8-14(9-11-15)13-6-4-3-5-7-13/h3-7,12,14H,8-11H2,1-2H3. The highest BCUT2D eigenvalue weighted by atomic mass is 15.1. The lowest BCUT2D eigenvalue weighted by Crippen LogP contribution is -2.37. The molecule has 0 radical (unpaired) electrons. The van der Waals surface area contributed by atoms with Gasteiger partial charge in [-0.3, -0.25) is 0 Å². The van der Waals surface area contributed by atoms with Crippen molar-refractivity contribution in [3.63, 3.8) is 0 Å². The molecular formula is C14H21N. The molecule has 0 N–H and O–H groups in total. The van der Waals surface area contributed by atoms with Crippen LogP contribution in [-0.2, 0) is 0 Å². The van der Waals surface area contributed by atoms with Gasteiger partial charge in [-0.15, -0.1) is 0 Å². The zero-order chi connectivity index (χ0) is 10.7. The van der Waals surface area contributed by atoms with Gasteiger partial charge in [-0.1, -0.05) is 30.3 Å². The van der Waals surface area contributed by atoms with E-state index in [2.05, 4.69) is 49.1 Å².